The normalized spacial score (nSPS) is 13.2. The molecule has 0 bridgehead atoms. The molecule has 0 saturated carbocycles. The third-order valence-corrected chi connectivity index (χ3v) is 3.41. The van der Waals surface area contributed by atoms with E-state index in [1.165, 1.54) is 17.9 Å². The summed E-state index contributed by atoms with van der Waals surface area (Å²) in [6, 6.07) is 0.581. The highest BCUT2D eigenvalue weighted by atomic mass is 32.2. The van der Waals surface area contributed by atoms with Crippen molar-refractivity contribution in [3.63, 3.8) is 0 Å². The van der Waals surface area contributed by atoms with Crippen LogP contribution in [0.1, 0.15) is 40.5 Å². The smallest absolute Gasteiger partial charge is 0.158 e. The Morgan fingerprint density at radius 3 is 2.24 bits per heavy atom. The van der Waals surface area contributed by atoms with Gasteiger partial charge < -0.3 is 14.8 Å². The zero-order chi connectivity index (χ0) is 12.9. The Labute approximate surface area is 111 Å². The van der Waals surface area contributed by atoms with Crippen LogP contribution in [0, 0.1) is 0 Å². The van der Waals surface area contributed by atoms with Gasteiger partial charge in [0.25, 0.3) is 0 Å². The molecule has 0 aliphatic heterocycles. The molecule has 0 aliphatic carbocycles. The van der Waals surface area contributed by atoms with Crippen LogP contribution in [0.15, 0.2) is 0 Å². The van der Waals surface area contributed by atoms with Crippen LogP contribution in [-0.2, 0) is 9.47 Å². The maximum Gasteiger partial charge on any atom is 0.158 e. The van der Waals surface area contributed by atoms with Crippen LogP contribution in [-0.4, -0.2) is 43.6 Å². The largest absolute Gasteiger partial charge is 0.353 e. The Kier molecular flexibility index (Phi) is 12.9. The molecule has 0 fully saturated rings. The summed E-state index contributed by atoms with van der Waals surface area (Å²) in [5, 5.41) is 3.52. The molecule has 104 valence electrons. The quantitative estimate of drug-likeness (QED) is 0.433. The third kappa shape index (κ3) is 11.1. The first kappa shape index (κ1) is 17.2. The van der Waals surface area contributed by atoms with Gasteiger partial charge in [0, 0.05) is 32.2 Å². The van der Waals surface area contributed by atoms with E-state index < -0.39 is 0 Å². The third-order valence-electron chi connectivity index (χ3n) is 2.48. The number of thioether (sulfide) groups is 1. The van der Waals surface area contributed by atoms with Crippen LogP contribution in [0.5, 0.6) is 0 Å². The summed E-state index contributed by atoms with van der Waals surface area (Å²) in [4.78, 5) is 0. The van der Waals surface area contributed by atoms with Gasteiger partial charge in [0.05, 0.1) is 0 Å². The molecule has 0 spiro atoms. The highest BCUT2D eigenvalue weighted by molar-refractivity contribution is 7.99. The minimum absolute atomic E-state index is 0.0466. The zero-order valence-electron chi connectivity index (χ0n) is 11.8. The molecule has 0 radical (unpaired) electrons. The van der Waals surface area contributed by atoms with Crippen molar-refractivity contribution >= 4 is 11.8 Å². The zero-order valence-corrected chi connectivity index (χ0v) is 12.6. The van der Waals surface area contributed by atoms with Crippen molar-refractivity contribution in [2.24, 2.45) is 0 Å². The van der Waals surface area contributed by atoms with Crippen molar-refractivity contribution in [1.29, 1.82) is 0 Å². The van der Waals surface area contributed by atoms with Crippen LogP contribution < -0.4 is 5.32 Å². The van der Waals surface area contributed by atoms with E-state index in [4.69, 9.17) is 9.47 Å². The van der Waals surface area contributed by atoms with E-state index in [-0.39, 0.29) is 6.29 Å². The molecule has 17 heavy (non-hydrogen) atoms. The maximum absolute atomic E-state index is 5.50. The SMILES string of the molecule is CCOC(CCNC(C)CCSCC)OCC. The summed E-state index contributed by atoms with van der Waals surface area (Å²) in [5.41, 5.74) is 0. The number of rotatable bonds is 12. The molecule has 0 aliphatic rings. The summed E-state index contributed by atoms with van der Waals surface area (Å²) in [5.74, 6) is 2.45. The van der Waals surface area contributed by atoms with Crippen LogP contribution in [0.2, 0.25) is 0 Å². The van der Waals surface area contributed by atoms with Gasteiger partial charge in [-0.3, -0.25) is 0 Å². The van der Waals surface area contributed by atoms with E-state index in [9.17, 15) is 0 Å². The molecule has 0 rings (SSSR count). The molecule has 0 aromatic rings. The first-order chi connectivity index (χ1) is 8.24. The van der Waals surface area contributed by atoms with E-state index in [1.54, 1.807) is 0 Å². The lowest BCUT2D eigenvalue weighted by molar-refractivity contribution is -0.138. The summed E-state index contributed by atoms with van der Waals surface area (Å²) in [6.45, 7) is 10.8. The van der Waals surface area contributed by atoms with E-state index in [2.05, 4.69) is 19.2 Å². The fraction of sp³-hybridized carbons (Fsp3) is 1.00. The summed E-state index contributed by atoms with van der Waals surface area (Å²) < 4.78 is 11.0. The lowest BCUT2D eigenvalue weighted by Crippen LogP contribution is -2.31. The lowest BCUT2D eigenvalue weighted by atomic mass is 10.2. The van der Waals surface area contributed by atoms with Crippen molar-refractivity contribution < 1.29 is 9.47 Å². The number of hydrogen-bond acceptors (Lipinski definition) is 4. The first-order valence-electron chi connectivity index (χ1n) is 6.78. The Bertz CT molecular complexity index is 152. The van der Waals surface area contributed by atoms with Crippen molar-refractivity contribution in [3.05, 3.63) is 0 Å². The van der Waals surface area contributed by atoms with Crippen LogP contribution >= 0.6 is 11.8 Å². The molecule has 0 amide bonds. The average Bonchev–Trinajstić information content (AvgIpc) is 2.30. The van der Waals surface area contributed by atoms with E-state index in [1.807, 2.05) is 25.6 Å². The second-order valence-corrected chi connectivity index (χ2v) is 5.36. The molecule has 0 saturated heterocycles. The molecule has 0 aromatic carbocycles. The first-order valence-corrected chi connectivity index (χ1v) is 7.94. The van der Waals surface area contributed by atoms with Crippen LogP contribution in [0.25, 0.3) is 0 Å². The monoisotopic (exact) mass is 263 g/mol. The van der Waals surface area contributed by atoms with Crippen LogP contribution in [0.3, 0.4) is 0 Å². The van der Waals surface area contributed by atoms with Crippen molar-refractivity contribution in [2.45, 2.75) is 52.9 Å². The van der Waals surface area contributed by atoms with Gasteiger partial charge in [-0.2, -0.15) is 11.8 Å². The van der Waals surface area contributed by atoms with E-state index >= 15 is 0 Å². The number of hydrogen-bond donors (Lipinski definition) is 1. The topological polar surface area (TPSA) is 30.5 Å². The molecular weight excluding hydrogens is 234 g/mol. The minimum Gasteiger partial charge on any atom is -0.353 e. The molecule has 1 atom stereocenters. The van der Waals surface area contributed by atoms with E-state index in [0.717, 1.165) is 13.0 Å². The summed E-state index contributed by atoms with van der Waals surface area (Å²) in [7, 11) is 0. The number of nitrogens with one attached hydrogen (secondary N) is 1. The Morgan fingerprint density at radius 1 is 1.06 bits per heavy atom. The Morgan fingerprint density at radius 2 is 1.71 bits per heavy atom. The Balaban J connectivity index is 3.50. The maximum atomic E-state index is 5.50. The van der Waals surface area contributed by atoms with Crippen molar-refractivity contribution in [1.82, 2.24) is 5.32 Å². The minimum atomic E-state index is -0.0466. The fourth-order valence-corrected chi connectivity index (χ4v) is 2.35. The molecular formula is C13H29NO2S. The van der Waals surface area contributed by atoms with Crippen LogP contribution in [0.4, 0.5) is 0 Å². The summed E-state index contributed by atoms with van der Waals surface area (Å²) in [6.07, 6.45) is 2.11. The van der Waals surface area contributed by atoms with Gasteiger partial charge in [-0.25, -0.2) is 0 Å². The molecule has 0 heterocycles. The van der Waals surface area contributed by atoms with Gasteiger partial charge in [0.1, 0.15) is 0 Å². The van der Waals surface area contributed by atoms with Gasteiger partial charge >= 0.3 is 0 Å². The highest BCUT2D eigenvalue weighted by Gasteiger charge is 2.08. The molecule has 1 N–H and O–H groups in total. The highest BCUT2D eigenvalue weighted by Crippen LogP contribution is 2.04. The van der Waals surface area contributed by atoms with Crippen molar-refractivity contribution in [2.75, 3.05) is 31.3 Å². The fourth-order valence-electron chi connectivity index (χ4n) is 1.54. The van der Waals surface area contributed by atoms with Gasteiger partial charge in [-0.05, 0) is 38.7 Å². The van der Waals surface area contributed by atoms with Gasteiger partial charge in [0.2, 0.25) is 0 Å². The van der Waals surface area contributed by atoms with Gasteiger partial charge in [-0.1, -0.05) is 6.92 Å². The average molecular weight is 263 g/mol. The number of ether oxygens (including phenoxy) is 2. The summed E-state index contributed by atoms with van der Waals surface area (Å²) >= 11 is 2.00. The second-order valence-electron chi connectivity index (χ2n) is 3.97. The predicted molar refractivity (Wildman–Crippen MR) is 76.7 cm³/mol. The second kappa shape index (κ2) is 12.7. The lowest BCUT2D eigenvalue weighted by Gasteiger charge is -2.19. The Hall–Kier alpha value is 0.230. The van der Waals surface area contributed by atoms with Crippen molar-refractivity contribution in [3.8, 4) is 0 Å². The van der Waals surface area contributed by atoms with E-state index in [0.29, 0.717) is 19.3 Å². The molecule has 3 nitrogen and oxygen atoms in total. The standard InChI is InChI=1S/C13H29NO2S/c1-5-15-13(16-6-2)8-10-14-12(4)9-11-17-7-3/h12-14H,5-11H2,1-4H3. The van der Waals surface area contributed by atoms with Gasteiger partial charge in [-0.15, -0.1) is 0 Å². The molecule has 4 heteroatoms. The predicted octanol–water partition coefficient (Wildman–Crippen LogP) is 2.90. The molecule has 0 aromatic heterocycles. The van der Waals surface area contributed by atoms with Gasteiger partial charge in [0.15, 0.2) is 6.29 Å². The molecule has 1 unspecified atom stereocenters.